The van der Waals surface area contributed by atoms with Crippen LogP contribution >= 0.6 is 12.4 Å². The van der Waals surface area contributed by atoms with Crippen LogP contribution in [0.3, 0.4) is 0 Å². The number of aryl methyl sites for hydroxylation is 1. The van der Waals surface area contributed by atoms with Gasteiger partial charge >= 0.3 is 0 Å². The van der Waals surface area contributed by atoms with Crippen molar-refractivity contribution in [3.8, 4) is 5.75 Å². The number of methoxy groups -OCH3 is 1. The van der Waals surface area contributed by atoms with E-state index in [9.17, 15) is 0 Å². The van der Waals surface area contributed by atoms with Crippen LogP contribution in [-0.4, -0.2) is 16.9 Å². The van der Waals surface area contributed by atoms with Gasteiger partial charge in [0, 0.05) is 19.3 Å². The summed E-state index contributed by atoms with van der Waals surface area (Å²) in [4.78, 5) is 0. The van der Waals surface area contributed by atoms with E-state index in [0.29, 0.717) is 5.92 Å². The van der Waals surface area contributed by atoms with Gasteiger partial charge in [0.25, 0.3) is 0 Å². The molecule has 1 heterocycles. The molecule has 0 amide bonds. The summed E-state index contributed by atoms with van der Waals surface area (Å²) in [5.74, 6) is 1.48. The molecule has 0 bridgehead atoms. The zero-order chi connectivity index (χ0) is 14.5. The van der Waals surface area contributed by atoms with E-state index in [4.69, 9.17) is 4.74 Å². The predicted molar refractivity (Wildman–Crippen MR) is 89.4 cm³/mol. The lowest BCUT2D eigenvalue weighted by atomic mass is 10.2. The summed E-state index contributed by atoms with van der Waals surface area (Å²) in [5.41, 5.74) is 3.36. The van der Waals surface area contributed by atoms with E-state index in [0.717, 1.165) is 30.2 Å². The lowest BCUT2D eigenvalue weighted by Crippen LogP contribution is -2.04. The molecule has 0 saturated heterocycles. The Morgan fingerprint density at radius 1 is 1.24 bits per heavy atom. The van der Waals surface area contributed by atoms with Crippen LogP contribution in [0.4, 0.5) is 5.69 Å². The highest BCUT2D eigenvalue weighted by Gasteiger charge is 2.05. The minimum Gasteiger partial charge on any atom is -0.497 e. The van der Waals surface area contributed by atoms with Gasteiger partial charge in [-0.25, -0.2) is 0 Å². The molecule has 1 aromatic heterocycles. The van der Waals surface area contributed by atoms with Gasteiger partial charge in [0.1, 0.15) is 5.75 Å². The lowest BCUT2D eigenvalue weighted by Gasteiger charge is -2.06. The van der Waals surface area contributed by atoms with Crippen LogP contribution in [0.2, 0.25) is 0 Å². The van der Waals surface area contributed by atoms with E-state index in [1.54, 1.807) is 7.11 Å². The zero-order valence-electron chi connectivity index (χ0n) is 13.1. The number of nitrogens with one attached hydrogen (secondary N) is 1. The fourth-order valence-electron chi connectivity index (χ4n) is 2.10. The average Bonchev–Trinajstić information content (AvgIpc) is 2.76. The van der Waals surface area contributed by atoms with Crippen molar-refractivity contribution in [3.63, 3.8) is 0 Å². The van der Waals surface area contributed by atoms with Crippen LogP contribution in [0.5, 0.6) is 5.75 Å². The molecule has 0 aliphatic carbocycles. The van der Waals surface area contributed by atoms with E-state index < -0.39 is 0 Å². The number of hydrogen-bond donors (Lipinski definition) is 1. The van der Waals surface area contributed by atoms with Gasteiger partial charge in [0.2, 0.25) is 0 Å². The Labute approximate surface area is 132 Å². The summed E-state index contributed by atoms with van der Waals surface area (Å²) in [5, 5.41) is 7.96. The largest absolute Gasteiger partial charge is 0.497 e. The molecule has 1 N–H and O–H groups in total. The topological polar surface area (TPSA) is 39.1 Å². The molecule has 4 nitrogen and oxygen atoms in total. The first-order valence-electron chi connectivity index (χ1n) is 6.99. The number of nitrogens with zero attached hydrogens (tertiary/aromatic N) is 2. The molecule has 0 spiro atoms. The SMILES string of the molecule is COc1ccc(CNc2cn(CC(C)C)nc2C)cc1.Cl. The Bertz CT molecular complexity index is 549. The van der Waals surface area contributed by atoms with Crippen LogP contribution in [0, 0.1) is 12.8 Å². The van der Waals surface area contributed by atoms with Gasteiger partial charge in [-0.3, -0.25) is 4.68 Å². The van der Waals surface area contributed by atoms with Crippen LogP contribution < -0.4 is 10.1 Å². The molecular weight excluding hydrogens is 286 g/mol. The molecule has 1 aromatic carbocycles. The first-order chi connectivity index (χ1) is 9.58. The maximum absolute atomic E-state index is 5.16. The van der Waals surface area contributed by atoms with E-state index in [-0.39, 0.29) is 12.4 Å². The standard InChI is InChI=1S/C16H23N3O.ClH/c1-12(2)10-19-11-16(13(3)18-19)17-9-14-5-7-15(20-4)8-6-14;/h5-8,11-12,17H,9-10H2,1-4H3;1H. The van der Waals surface area contributed by atoms with Crippen molar-refractivity contribution in [2.75, 3.05) is 12.4 Å². The monoisotopic (exact) mass is 309 g/mol. The molecule has 2 aromatic rings. The summed E-state index contributed by atoms with van der Waals surface area (Å²) >= 11 is 0. The third-order valence-corrected chi connectivity index (χ3v) is 3.14. The molecule has 5 heteroatoms. The zero-order valence-corrected chi connectivity index (χ0v) is 13.9. The third kappa shape index (κ3) is 4.97. The van der Waals surface area contributed by atoms with Crippen molar-refractivity contribution in [1.82, 2.24) is 9.78 Å². The second kappa shape index (κ2) is 7.93. The number of hydrogen-bond acceptors (Lipinski definition) is 3. The molecule has 0 aliphatic rings. The van der Waals surface area contributed by atoms with Gasteiger partial charge in [0.15, 0.2) is 0 Å². The fourth-order valence-corrected chi connectivity index (χ4v) is 2.10. The Balaban J connectivity index is 0.00000220. The number of rotatable bonds is 6. The molecule has 0 radical (unpaired) electrons. The Kier molecular flexibility index (Phi) is 6.56. The Morgan fingerprint density at radius 3 is 2.48 bits per heavy atom. The quantitative estimate of drug-likeness (QED) is 0.880. The first-order valence-corrected chi connectivity index (χ1v) is 6.99. The minimum absolute atomic E-state index is 0. The van der Waals surface area contributed by atoms with Crippen LogP contribution in [-0.2, 0) is 13.1 Å². The molecule has 2 rings (SSSR count). The summed E-state index contributed by atoms with van der Waals surface area (Å²) in [6.07, 6.45) is 2.08. The fraction of sp³-hybridized carbons (Fsp3) is 0.438. The molecule has 116 valence electrons. The van der Waals surface area contributed by atoms with Gasteiger partial charge in [-0.15, -0.1) is 12.4 Å². The number of ether oxygens (including phenoxy) is 1. The maximum atomic E-state index is 5.16. The molecule has 0 fully saturated rings. The van der Waals surface area contributed by atoms with Gasteiger partial charge in [-0.2, -0.15) is 5.10 Å². The summed E-state index contributed by atoms with van der Waals surface area (Å²) in [7, 11) is 1.68. The lowest BCUT2D eigenvalue weighted by molar-refractivity contribution is 0.414. The highest BCUT2D eigenvalue weighted by molar-refractivity contribution is 5.85. The molecule has 0 saturated carbocycles. The van der Waals surface area contributed by atoms with E-state index >= 15 is 0 Å². The van der Waals surface area contributed by atoms with Gasteiger partial charge in [-0.05, 0) is 30.5 Å². The molecule has 0 aliphatic heterocycles. The normalized spacial score (nSPS) is 10.3. The second-order valence-electron chi connectivity index (χ2n) is 5.45. The smallest absolute Gasteiger partial charge is 0.118 e. The van der Waals surface area contributed by atoms with E-state index in [1.807, 2.05) is 23.7 Å². The highest BCUT2D eigenvalue weighted by atomic mass is 35.5. The summed E-state index contributed by atoms with van der Waals surface area (Å²) in [6.45, 7) is 8.17. The number of halogens is 1. The van der Waals surface area contributed by atoms with Crippen molar-refractivity contribution in [3.05, 3.63) is 41.7 Å². The van der Waals surface area contributed by atoms with Crippen molar-refractivity contribution >= 4 is 18.1 Å². The Hall–Kier alpha value is -1.68. The van der Waals surface area contributed by atoms with Crippen molar-refractivity contribution in [1.29, 1.82) is 0 Å². The van der Waals surface area contributed by atoms with Crippen LogP contribution in [0.15, 0.2) is 30.5 Å². The van der Waals surface area contributed by atoms with E-state index in [1.165, 1.54) is 5.56 Å². The molecule has 0 atom stereocenters. The number of aromatic nitrogens is 2. The maximum Gasteiger partial charge on any atom is 0.118 e. The predicted octanol–water partition coefficient (Wildman–Crippen LogP) is 3.89. The average molecular weight is 310 g/mol. The van der Waals surface area contributed by atoms with Crippen molar-refractivity contribution < 1.29 is 4.74 Å². The number of benzene rings is 1. The third-order valence-electron chi connectivity index (χ3n) is 3.14. The number of anilines is 1. The Morgan fingerprint density at radius 2 is 1.90 bits per heavy atom. The molecule has 21 heavy (non-hydrogen) atoms. The molecule has 0 unspecified atom stereocenters. The van der Waals surface area contributed by atoms with Gasteiger partial charge in [-0.1, -0.05) is 26.0 Å². The van der Waals surface area contributed by atoms with E-state index in [2.05, 4.69) is 42.6 Å². The minimum atomic E-state index is 0. The van der Waals surface area contributed by atoms with Crippen molar-refractivity contribution in [2.45, 2.75) is 33.9 Å². The van der Waals surface area contributed by atoms with Gasteiger partial charge in [0.05, 0.1) is 18.5 Å². The van der Waals surface area contributed by atoms with Gasteiger partial charge < -0.3 is 10.1 Å². The van der Waals surface area contributed by atoms with Crippen LogP contribution in [0.25, 0.3) is 0 Å². The summed E-state index contributed by atoms with van der Waals surface area (Å²) < 4.78 is 7.17. The second-order valence-corrected chi connectivity index (χ2v) is 5.45. The van der Waals surface area contributed by atoms with Crippen LogP contribution in [0.1, 0.15) is 25.1 Å². The summed E-state index contributed by atoms with van der Waals surface area (Å²) in [6, 6.07) is 8.09. The molecular formula is C16H24ClN3O. The first kappa shape index (κ1) is 17.4. The highest BCUT2D eigenvalue weighted by Crippen LogP contribution is 2.16. The van der Waals surface area contributed by atoms with Crippen molar-refractivity contribution in [2.24, 2.45) is 5.92 Å².